The Bertz CT molecular complexity index is 657. The molecule has 0 radical (unpaired) electrons. The predicted octanol–water partition coefficient (Wildman–Crippen LogP) is 1.54. The number of carbonyl (C=O) groups excluding carboxylic acids is 1. The van der Waals surface area contributed by atoms with Crippen molar-refractivity contribution in [2.75, 3.05) is 0 Å². The second-order valence-corrected chi connectivity index (χ2v) is 6.00. The Labute approximate surface area is 130 Å². The molecule has 112 valence electrons. The molecule has 3 rings (SSSR count). The van der Waals surface area contributed by atoms with Crippen LogP contribution in [0.1, 0.15) is 12.0 Å². The summed E-state index contributed by atoms with van der Waals surface area (Å²) in [5.74, 6) is -0.379. The first kappa shape index (κ1) is 14.7. The van der Waals surface area contributed by atoms with Gasteiger partial charge >= 0.3 is 0 Å². The Morgan fingerprint density at radius 1 is 1.29 bits per heavy atom. The molecule has 1 aromatic rings. The van der Waals surface area contributed by atoms with Crippen LogP contribution >= 0.6 is 23.2 Å². The maximum absolute atomic E-state index is 12.4. The van der Waals surface area contributed by atoms with E-state index in [9.17, 15) is 20.1 Å². The highest BCUT2D eigenvalue weighted by molar-refractivity contribution is 6.44. The van der Waals surface area contributed by atoms with Crippen LogP contribution in [0, 0.1) is 0 Å². The summed E-state index contributed by atoms with van der Waals surface area (Å²) in [6.45, 7) is 0. The molecule has 1 aliphatic carbocycles. The van der Waals surface area contributed by atoms with Gasteiger partial charge in [-0.05, 0) is 24.1 Å². The molecule has 1 aliphatic heterocycles. The van der Waals surface area contributed by atoms with Gasteiger partial charge in [-0.2, -0.15) is 0 Å². The number of rotatable bonds is 0. The molecule has 0 saturated carbocycles. The number of aliphatic hydroxyl groups excluding tert-OH is 2. The minimum atomic E-state index is -1.65. The molecule has 7 heteroatoms. The van der Waals surface area contributed by atoms with Gasteiger partial charge in [-0.15, -0.1) is 0 Å². The molecule has 2 aliphatic rings. The number of ether oxygens (including phenoxy) is 1. The zero-order valence-electron chi connectivity index (χ0n) is 10.7. The molecule has 5 nitrogen and oxygen atoms in total. The van der Waals surface area contributed by atoms with Gasteiger partial charge in [0.1, 0.15) is 23.7 Å². The third-order valence-corrected chi connectivity index (χ3v) is 4.45. The lowest BCUT2D eigenvalue weighted by atomic mass is 9.77. The summed E-state index contributed by atoms with van der Waals surface area (Å²) < 4.78 is 5.68. The number of Topliss-reactive ketones (excluding diaryl/α,β-unsaturated/α-hetero) is 1. The number of phenols is 1. The van der Waals surface area contributed by atoms with E-state index in [0.29, 0.717) is 12.0 Å². The molecule has 1 heterocycles. The number of carbonyl (C=O) groups is 1. The molecular weight excluding hydrogens is 319 g/mol. The van der Waals surface area contributed by atoms with Crippen molar-refractivity contribution in [3.63, 3.8) is 0 Å². The van der Waals surface area contributed by atoms with Crippen LogP contribution in [0.3, 0.4) is 0 Å². The summed E-state index contributed by atoms with van der Waals surface area (Å²) >= 11 is 11.9. The van der Waals surface area contributed by atoms with Crippen LogP contribution < -0.4 is 4.74 Å². The van der Waals surface area contributed by atoms with Gasteiger partial charge in [0.05, 0.1) is 10.1 Å². The standard InChI is InChI=1S/C14H12Cl2O5/c15-8-4-7(17)3-6-1-2-14(21-11(6)8)12(19)9(16)5-10(18)13(14)20/h3-5,10,13,17-18,20H,1-2H2/t10-,13+,14+/m0/s1. The van der Waals surface area contributed by atoms with E-state index in [1.54, 1.807) is 0 Å². The number of aliphatic hydroxyl groups is 2. The lowest BCUT2D eigenvalue weighted by Crippen LogP contribution is -2.62. The second-order valence-electron chi connectivity index (χ2n) is 5.19. The van der Waals surface area contributed by atoms with Crippen LogP contribution in [-0.2, 0) is 11.2 Å². The number of hydrogen-bond donors (Lipinski definition) is 3. The summed E-state index contributed by atoms with van der Waals surface area (Å²) in [5, 5.41) is 29.5. The van der Waals surface area contributed by atoms with Gasteiger partial charge in [-0.1, -0.05) is 23.2 Å². The molecule has 21 heavy (non-hydrogen) atoms. The molecule has 0 saturated heterocycles. The monoisotopic (exact) mass is 330 g/mol. The van der Waals surface area contributed by atoms with Crippen molar-refractivity contribution in [3.8, 4) is 11.5 Å². The lowest BCUT2D eigenvalue weighted by molar-refractivity contribution is -0.154. The quantitative estimate of drug-likeness (QED) is 0.671. The van der Waals surface area contributed by atoms with Crippen LogP contribution in [0.5, 0.6) is 11.5 Å². The molecule has 1 spiro atoms. The summed E-state index contributed by atoms with van der Waals surface area (Å²) in [4.78, 5) is 12.4. The Kier molecular flexibility index (Phi) is 3.41. The number of halogens is 2. The third kappa shape index (κ3) is 2.12. The zero-order chi connectivity index (χ0) is 15.4. The lowest BCUT2D eigenvalue weighted by Gasteiger charge is -2.43. The van der Waals surface area contributed by atoms with Crippen molar-refractivity contribution < 1.29 is 24.9 Å². The minimum Gasteiger partial charge on any atom is -0.508 e. The van der Waals surface area contributed by atoms with E-state index >= 15 is 0 Å². The Morgan fingerprint density at radius 2 is 2.00 bits per heavy atom. The summed E-state index contributed by atoms with van der Waals surface area (Å²) in [7, 11) is 0. The second kappa shape index (κ2) is 4.88. The molecule has 0 unspecified atom stereocenters. The minimum absolute atomic E-state index is 0.00761. The maximum atomic E-state index is 12.4. The van der Waals surface area contributed by atoms with Gasteiger partial charge in [0, 0.05) is 12.5 Å². The van der Waals surface area contributed by atoms with Gasteiger partial charge in [0.15, 0.2) is 0 Å². The number of aryl methyl sites for hydroxylation is 1. The highest BCUT2D eigenvalue weighted by atomic mass is 35.5. The molecule has 0 aromatic heterocycles. The van der Waals surface area contributed by atoms with Crippen molar-refractivity contribution >= 4 is 29.0 Å². The SMILES string of the molecule is O=C1C(Cl)=C[C@H](O)[C@@H](O)[C@@]12CCc1cc(O)cc(Cl)c1O2. The summed E-state index contributed by atoms with van der Waals surface area (Å²) in [6.07, 6.45) is -1.17. The summed E-state index contributed by atoms with van der Waals surface area (Å²) in [5.41, 5.74) is -1.02. The molecule has 1 aromatic carbocycles. The Balaban J connectivity index is 2.09. The molecule has 0 fully saturated rings. The van der Waals surface area contributed by atoms with E-state index in [0.717, 1.165) is 6.08 Å². The zero-order valence-corrected chi connectivity index (χ0v) is 12.2. The van der Waals surface area contributed by atoms with E-state index in [1.807, 2.05) is 0 Å². The number of aromatic hydroxyl groups is 1. The van der Waals surface area contributed by atoms with Crippen molar-refractivity contribution in [1.82, 2.24) is 0 Å². The van der Waals surface area contributed by atoms with Crippen LogP contribution in [-0.4, -0.2) is 38.9 Å². The fraction of sp³-hybridized carbons (Fsp3) is 0.357. The van der Waals surface area contributed by atoms with Crippen LogP contribution in [0.4, 0.5) is 0 Å². The van der Waals surface area contributed by atoms with Gasteiger partial charge in [0.25, 0.3) is 0 Å². The predicted molar refractivity (Wildman–Crippen MR) is 75.8 cm³/mol. The number of benzene rings is 1. The largest absolute Gasteiger partial charge is 0.508 e. The van der Waals surface area contributed by atoms with E-state index in [4.69, 9.17) is 27.9 Å². The fourth-order valence-electron chi connectivity index (χ4n) is 2.79. The summed E-state index contributed by atoms with van der Waals surface area (Å²) in [6, 6.07) is 2.77. The molecule has 3 N–H and O–H groups in total. The van der Waals surface area contributed by atoms with Crippen LogP contribution in [0.25, 0.3) is 0 Å². The first-order valence-electron chi connectivity index (χ1n) is 6.34. The van der Waals surface area contributed by atoms with Gasteiger partial charge in [0.2, 0.25) is 11.4 Å². The first-order valence-corrected chi connectivity index (χ1v) is 7.09. The van der Waals surface area contributed by atoms with E-state index in [-0.39, 0.29) is 28.0 Å². The topological polar surface area (TPSA) is 87.0 Å². The normalized spacial score (nSPS) is 31.6. The number of ketones is 1. The van der Waals surface area contributed by atoms with Crippen LogP contribution in [0.2, 0.25) is 5.02 Å². The molecule has 0 amide bonds. The van der Waals surface area contributed by atoms with Crippen molar-refractivity contribution in [1.29, 1.82) is 0 Å². The maximum Gasteiger partial charge on any atom is 0.220 e. The number of hydrogen-bond acceptors (Lipinski definition) is 5. The van der Waals surface area contributed by atoms with Crippen LogP contribution in [0.15, 0.2) is 23.2 Å². The molecular formula is C14H12Cl2O5. The highest BCUT2D eigenvalue weighted by Crippen LogP contribution is 2.45. The van der Waals surface area contributed by atoms with Gasteiger partial charge in [-0.3, -0.25) is 4.79 Å². The number of phenolic OH excluding ortho intramolecular Hbond substituents is 1. The number of fused-ring (bicyclic) bond motifs is 1. The van der Waals surface area contributed by atoms with Gasteiger partial charge < -0.3 is 20.1 Å². The van der Waals surface area contributed by atoms with E-state index < -0.39 is 23.6 Å². The third-order valence-electron chi connectivity index (χ3n) is 3.87. The Hall–Kier alpha value is -1.27. The van der Waals surface area contributed by atoms with Crippen molar-refractivity contribution in [2.45, 2.75) is 30.7 Å². The molecule has 3 atom stereocenters. The first-order chi connectivity index (χ1) is 9.85. The van der Waals surface area contributed by atoms with Gasteiger partial charge in [-0.25, -0.2) is 0 Å². The average molecular weight is 331 g/mol. The van der Waals surface area contributed by atoms with Crippen molar-refractivity contribution in [3.05, 3.63) is 33.8 Å². The smallest absolute Gasteiger partial charge is 0.220 e. The highest BCUT2D eigenvalue weighted by Gasteiger charge is 2.55. The van der Waals surface area contributed by atoms with Crippen molar-refractivity contribution in [2.24, 2.45) is 0 Å². The molecule has 0 bridgehead atoms. The fourth-order valence-corrected chi connectivity index (χ4v) is 3.35. The van der Waals surface area contributed by atoms with E-state index in [1.165, 1.54) is 12.1 Å². The van der Waals surface area contributed by atoms with E-state index in [2.05, 4.69) is 0 Å². The average Bonchev–Trinajstić information content (AvgIpc) is 2.44. The Morgan fingerprint density at radius 3 is 2.71 bits per heavy atom.